The summed E-state index contributed by atoms with van der Waals surface area (Å²) in [6, 6.07) is 13.1. The maximum absolute atomic E-state index is 12.3. The van der Waals surface area contributed by atoms with E-state index in [0.29, 0.717) is 5.69 Å². The van der Waals surface area contributed by atoms with E-state index in [-0.39, 0.29) is 25.5 Å². The Balaban J connectivity index is 1.54. The number of rotatable bonds is 5. The first-order valence-corrected chi connectivity index (χ1v) is 9.25. The Labute approximate surface area is 164 Å². The molecular weight excluding hydrogens is 356 g/mol. The maximum Gasteiger partial charge on any atom is 0.311 e. The number of hydrogen-bond donors (Lipinski definition) is 1. The average Bonchev–Trinajstić information content (AvgIpc) is 3.05. The lowest BCUT2D eigenvalue weighted by atomic mass is 10.1. The van der Waals surface area contributed by atoms with Crippen molar-refractivity contribution in [3.63, 3.8) is 0 Å². The molecule has 6 nitrogen and oxygen atoms in total. The van der Waals surface area contributed by atoms with Gasteiger partial charge in [-0.3, -0.25) is 14.4 Å². The van der Waals surface area contributed by atoms with Crippen LogP contribution in [0.3, 0.4) is 0 Å². The summed E-state index contributed by atoms with van der Waals surface area (Å²) in [6.07, 6.45) is 0.0892. The number of carbonyl (C=O) groups is 3. The third-order valence-corrected chi connectivity index (χ3v) is 5.00. The van der Waals surface area contributed by atoms with Gasteiger partial charge in [0, 0.05) is 24.3 Å². The monoisotopic (exact) mass is 380 g/mol. The lowest BCUT2D eigenvalue weighted by Gasteiger charge is -2.18. The molecule has 1 saturated heterocycles. The Morgan fingerprint density at radius 2 is 1.82 bits per heavy atom. The van der Waals surface area contributed by atoms with Crippen LogP contribution >= 0.6 is 0 Å². The highest BCUT2D eigenvalue weighted by atomic mass is 16.5. The minimum atomic E-state index is -0.568. The number of ether oxygens (including phenoxy) is 1. The second-order valence-corrected chi connectivity index (χ2v) is 7.15. The molecule has 0 bridgehead atoms. The minimum absolute atomic E-state index is 0.0892. The molecule has 1 fully saturated rings. The van der Waals surface area contributed by atoms with Crippen molar-refractivity contribution in [2.24, 2.45) is 5.92 Å². The molecule has 6 heteroatoms. The predicted octanol–water partition coefficient (Wildman–Crippen LogP) is 3.15. The number of aryl methyl sites for hydroxylation is 3. The van der Waals surface area contributed by atoms with E-state index in [0.717, 1.165) is 22.4 Å². The molecule has 3 rings (SSSR count). The Morgan fingerprint density at radius 3 is 2.54 bits per heavy atom. The van der Waals surface area contributed by atoms with Gasteiger partial charge in [0.25, 0.3) is 5.91 Å². The Bertz CT molecular complexity index is 923. The number of amides is 2. The first-order chi connectivity index (χ1) is 13.3. The lowest BCUT2D eigenvalue weighted by Crippen LogP contribution is -2.28. The maximum atomic E-state index is 12.3. The van der Waals surface area contributed by atoms with Crippen molar-refractivity contribution in [1.82, 2.24) is 0 Å². The van der Waals surface area contributed by atoms with Crippen molar-refractivity contribution < 1.29 is 19.1 Å². The van der Waals surface area contributed by atoms with E-state index in [1.165, 1.54) is 0 Å². The van der Waals surface area contributed by atoms with E-state index < -0.39 is 17.8 Å². The van der Waals surface area contributed by atoms with Gasteiger partial charge in [-0.1, -0.05) is 24.3 Å². The number of nitrogens with one attached hydrogen (secondary N) is 1. The number of nitrogens with zero attached hydrogens (tertiary/aromatic N) is 1. The molecule has 0 unspecified atom stereocenters. The Morgan fingerprint density at radius 1 is 1.07 bits per heavy atom. The van der Waals surface area contributed by atoms with Crippen LogP contribution < -0.4 is 10.2 Å². The van der Waals surface area contributed by atoms with E-state index in [2.05, 4.69) is 5.32 Å². The van der Waals surface area contributed by atoms with Gasteiger partial charge >= 0.3 is 5.97 Å². The Hall–Kier alpha value is -3.15. The molecule has 2 aromatic carbocycles. The highest BCUT2D eigenvalue weighted by Crippen LogP contribution is 2.28. The molecule has 1 aliphatic heterocycles. The first kappa shape index (κ1) is 19.6. The van der Waals surface area contributed by atoms with Crippen LogP contribution in [0.5, 0.6) is 0 Å². The summed E-state index contributed by atoms with van der Waals surface area (Å²) in [5, 5.41) is 2.71. The van der Waals surface area contributed by atoms with Crippen LogP contribution in [0.4, 0.5) is 11.4 Å². The normalized spacial score (nSPS) is 16.2. The number of esters is 1. The van der Waals surface area contributed by atoms with Gasteiger partial charge in [0.1, 0.15) is 0 Å². The number of anilines is 2. The largest absolute Gasteiger partial charge is 0.455 e. The van der Waals surface area contributed by atoms with Crippen LogP contribution in [0.25, 0.3) is 0 Å². The van der Waals surface area contributed by atoms with Crippen LogP contribution in [-0.2, 0) is 19.1 Å². The molecule has 0 radical (unpaired) electrons. The molecule has 146 valence electrons. The van der Waals surface area contributed by atoms with Crippen LogP contribution in [-0.4, -0.2) is 30.9 Å². The van der Waals surface area contributed by atoms with Crippen LogP contribution in [0.1, 0.15) is 23.1 Å². The predicted molar refractivity (Wildman–Crippen MR) is 107 cm³/mol. The average molecular weight is 380 g/mol. The van der Waals surface area contributed by atoms with Crippen LogP contribution in [0.2, 0.25) is 0 Å². The molecule has 1 atom stereocenters. The number of para-hydroxylation sites is 1. The second-order valence-electron chi connectivity index (χ2n) is 7.15. The van der Waals surface area contributed by atoms with Gasteiger partial charge in [0.2, 0.25) is 5.91 Å². The molecule has 0 spiro atoms. The van der Waals surface area contributed by atoms with Crippen molar-refractivity contribution in [3.8, 4) is 0 Å². The van der Waals surface area contributed by atoms with E-state index in [9.17, 15) is 14.4 Å². The molecule has 2 amide bonds. The highest BCUT2D eigenvalue weighted by molar-refractivity contribution is 6.00. The zero-order valence-electron chi connectivity index (χ0n) is 16.3. The summed E-state index contributed by atoms with van der Waals surface area (Å²) in [5.74, 6) is -1.62. The zero-order valence-corrected chi connectivity index (χ0v) is 16.3. The third kappa shape index (κ3) is 4.39. The van der Waals surface area contributed by atoms with Crippen molar-refractivity contribution in [1.29, 1.82) is 0 Å². The van der Waals surface area contributed by atoms with Gasteiger partial charge in [-0.05, 0) is 55.7 Å². The van der Waals surface area contributed by atoms with Gasteiger partial charge in [-0.25, -0.2) is 0 Å². The number of hydrogen-bond acceptors (Lipinski definition) is 4. The summed E-state index contributed by atoms with van der Waals surface area (Å²) < 4.78 is 5.15. The van der Waals surface area contributed by atoms with Crippen LogP contribution in [0, 0.1) is 26.7 Å². The lowest BCUT2D eigenvalue weighted by molar-refractivity contribution is -0.151. The highest BCUT2D eigenvalue weighted by Gasteiger charge is 2.36. The Kier molecular flexibility index (Phi) is 5.78. The molecule has 0 aromatic heterocycles. The van der Waals surface area contributed by atoms with Gasteiger partial charge in [-0.2, -0.15) is 0 Å². The number of benzene rings is 2. The fourth-order valence-electron chi connectivity index (χ4n) is 3.24. The molecular formula is C22H24N2O4. The van der Waals surface area contributed by atoms with Crippen molar-refractivity contribution in [3.05, 3.63) is 59.2 Å². The molecule has 28 heavy (non-hydrogen) atoms. The van der Waals surface area contributed by atoms with E-state index in [1.807, 2.05) is 57.2 Å². The molecule has 1 N–H and O–H groups in total. The topological polar surface area (TPSA) is 75.7 Å². The molecule has 0 aliphatic carbocycles. The minimum Gasteiger partial charge on any atom is -0.455 e. The van der Waals surface area contributed by atoms with Crippen LogP contribution in [0.15, 0.2) is 42.5 Å². The number of carbonyl (C=O) groups excluding carboxylic acids is 3. The second kappa shape index (κ2) is 8.25. The zero-order chi connectivity index (χ0) is 20.3. The van der Waals surface area contributed by atoms with Crippen molar-refractivity contribution >= 4 is 29.2 Å². The summed E-state index contributed by atoms with van der Waals surface area (Å²) in [7, 11) is 0. The van der Waals surface area contributed by atoms with Gasteiger partial charge in [0.05, 0.1) is 5.92 Å². The van der Waals surface area contributed by atoms with Gasteiger partial charge < -0.3 is 15.0 Å². The molecule has 1 aliphatic rings. The SMILES string of the molecule is Cc1ccc(NC(=O)COC(=O)[C@H]2CC(=O)N(c3ccccc3C)C2)cc1C. The van der Waals surface area contributed by atoms with Crippen molar-refractivity contribution in [2.45, 2.75) is 27.2 Å². The summed E-state index contributed by atoms with van der Waals surface area (Å²) in [6.45, 7) is 5.77. The smallest absolute Gasteiger partial charge is 0.311 e. The molecule has 0 saturated carbocycles. The third-order valence-electron chi connectivity index (χ3n) is 5.00. The van der Waals surface area contributed by atoms with Gasteiger partial charge in [0.15, 0.2) is 6.61 Å². The van der Waals surface area contributed by atoms with E-state index >= 15 is 0 Å². The fraction of sp³-hybridized carbons (Fsp3) is 0.318. The van der Waals surface area contributed by atoms with E-state index in [1.54, 1.807) is 11.0 Å². The summed E-state index contributed by atoms with van der Waals surface area (Å²) >= 11 is 0. The van der Waals surface area contributed by atoms with E-state index in [4.69, 9.17) is 4.74 Å². The molecule has 2 aromatic rings. The van der Waals surface area contributed by atoms with Crippen molar-refractivity contribution in [2.75, 3.05) is 23.4 Å². The standard InChI is InChI=1S/C22H24N2O4/c1-14-8-9-18(10-16(14)3)23-20(25)13-28-22(27)17-11-21(26)24(12-17)19-7-5-4-6-15(19)2/h4-10,17H,11-13H2,1-3H3,(H,23,25)/t17-/m0/s1. The van der Waals surface area contributed by atoms with Gasteiger partial charge in [-0.15, -0.1) is 0 Å². The fourth-order valence-corrected chi connectivity index (χ4v) is 3.24. The first-order valence-electron chi connectivity index (χ1n) is 9.25. The molecule has 1 heterocycles. The summed E-state index contributed by atoms with van der Waals surface area (Å²) in [4.78, 5) is 38.3. The summed E-state index contributed by atoms with van der Waals surface area (Å²) in [5.41, 5.74) is 4.63. The quantitative estimate of drug-likeness (QED) is 0.809.